The van der Waals surface area contributed by atoms with Gasteiger partial charge in [-0.05, 0) is 12.1 Å². The maximum Gasteiger partial charge on any atom is 0.278 e. The third kappa shape index (κ3) is 4.07. The van der Waals surface area contributed by atoms with Crippen LogP contribution in [0.15, 0.2) is 63.7 Å². The molecule has 3 heterocycles. The zero-order chi connectivity index (χ0) is 21.1. The normalized spacial score (nSPS) is 10.9. The van der Waals surface area contributed by atoms with Crippen molar-refractivity contribution < 1.29 is 18.4 Å². The van der Waals surface area contributed by atoms with Crippen LogP contribution >= 0.6 is 0 Å². The molecule has 0 radical (unpaired) electrons. The van der Waals surface area contributed by atoms with Crippen molar-refractivity contribution >= 4 is 17.4 Å². The van der Waals surface area contributed by atoms with Gasteiger partial charge in [0.05, 0.1) is 18.4 Å². The maximum atomic E-state index is 12.9. The second-order valence-corrected chi connectivity index (χ2v) is 6.71. The minimum Gasteiger partial charge on any atom is -0.456 e. The number of amides is 1. The molecule has 0 aliphatic rings. The first-order valence-electron chi connectivity index (χ1n) is 9.52. The quantitative estimate of drug-likeness (QED) is 0.463. The average Bonchev–Trinajstić information content (AvgIpc) is 3.48. The van der Waals surface area contributed by atoms with E-state index in [1.54, 1.807) is 23.0 Å². The fourth-order valence-electron chi connectivity index (χ4n) is 2.97. The average molecular weight is 404 g/mol. The Kier molecular flexibility index (Phi) is 5.30. The van der Waals surface area contributed by atoms with E-state index in [2.05, 4.69) is 15.4 Å². The van der Waals surface area contributed by atoms with Crippen LogP contribution in [0.1, 0.15) is 46.5 Å². The molecular weight excluding hydrogens is 384 g/mol. The molecule has 0 bridgehead atoms. The number of carbonyl (C=O) groups is 2. The van der Waals surface area contributed by atoms with E-state index in [9.17, 15) is 9.59 Å². The second-order valence-electron chi connectivity index (χ2n) is 6.71. The molecule has 1 amide bonds. The summed E-state index contributed by atoms with van der Waals surface area (Å²) in [6.45, 7) is 3.70. The van der Waals surface area contributed by atoms with Gasteiger partial charge in [0.25, 0.3) is 5.91 Å². The van der Waals surface area contributed by atoms with E-state index in [0.29, 0.717) is 41.8 Å². The molecule has 0 aliphatic heterocycles. The number of hydrogen-bond acceptors (Lipinski definition) is 6. The monoisotopic (exact) mass is 404 g/mol. The number of benzene rings is 1. The molecule has 0 aliphatic carbocycles. The van der Waals surface area contributed by atoms with Gasteiger partial charge >= 0.3 is 0 Å². The molecule has 0 atom stereocenters. The summed E-state index contributed by atoms with van der Waals surface area (Å²) in [6.07, 6.45) is 3.79. The van der Waals surface area contributed by atoms with Crippen molar-refractivity contribution in [1.29, 1.82) is 0 Å². The van der Waals surface area contributed by atoms with Crippen molar-refractivity contribution in [3.8, 4) is 11.3 Å². The first-order chi connectivity index (χ1) is 14.5. The third-order valence-electron chi connectivity index (χ3n) is 4.44. The van der Waals surface area contributed by atoms with Crippen LogP contribution in [0, 0.1) is 0 Å². The van der Waals surface area contributed by atoms with Crippen LogP contribution in [0.2, 0.25) is 0 Å². The molecule has 0 spiro atoms. The van der Waals surface area contributed by atoms with Gasteiger partial charge in [-0.2, -0.15) is 5.10 Å². The van der Waals surface area contributed by atoms with Gasteiger partial charge in [0.2, 0.25) is 0 Å². The van der Waals surface area contributed by atoms with Crippen molar-refractivity contribution in [2.75, 3.05) is 5.32 Å². The van der Waals surface area contributed by atoms with E-state index in [0.717, 1.165) is 5.56 Å². The van der Waals surface area contributed by atoms with Gasteiger partial charge in [0, 0.05) is 25.1 Å². The number of nitrogens with one attached hydrogen (secondary N) is 1. The molecule has 152 valence electrons. The molecule has 0 saturated heterocycles. The van der Waals surface area contributed by atoms with Crippen molar-refractivity contribution in [2.24, 2.45) is 0 Å². The highest BCUT2D eigenvalue weighted by atomic mass is 16.4. The smallest absolute Gasteiger partial charge is 0.278 e. The number of ketones is 1. The number of oxazole rings is 1. The lowest BCUT2D eigenvalue weighted by Crippen LogP contribution is -2.13. The molecule has 30 heavy (non-hydrogen) atoms. The van der Waals surface area contributed by atoms with Gasteiger partial charge in [-0.15, -0.1) is 0 Å². The summed E-state index contributed by atoms with van der Waals surface area (Å²) in [6, 6.07) is 12.7. The molecule has 4 aromatic rings. The Balaban J connectivity index is 1.51. The van der Waals surface area contributed by atoms with Crippen molar-refractivity contribution in [2.45, 2.75) is 26.8 Å². The summed E-state index contributed by atoms with van der Waals surface area (Å²) < 4.78 is 12.9. The van der Waals surface area contributed by atoms with Gasteiger partial charge in [-0.25, -0.2) is 4.98 Å². The molecule has 4 rings (SSSR count). The molecule has 0 unspecified atom stereocenters. The molecule has 1 aromatic carbocycles. The minimum absolute atomic E-state index is 0.136. The lowest BCUT2D eigenvalue weighted by Gasteiger charge is -2.02. The maximum absolute atomic E-state index is 12.9. The van der Waals surface area contributed by atoms with E-state index < -0.39 is 0 Å². The summed E-state index contributed by atoms with van der Waals surface area (Å²) in [5.74, 6) is 1.31. The minimum atomic E-state index is -0.381. The zero-order valence-electron chi connectivity index (χ0n) is 16.6. The predicted octanol–water partition coefficient (Wildman–Crippen LogP) is 4.20. The number of Topliss-reactive ketones (excluding diaryl/α,β-unsaturated/α-hetero) is 1. The number of carbonyl (C=O) groups excluding carboxylic acids is 2. The SMILES string of the molecule is CCc1nc(C(=O)Nc2cnn(Cc3ccc(C(C)=O)o3)c2)c(-c2ccccc2)o1. The highest BCUT2D eigenvalue weighted by Gasteiger charge is 2.21. The summed E-state index contributed by atoms with van der Waals surface area (Å²) in [5.41, 5.74) is 1.52. The highest BCUT2D eigenvalue weighted by Crippen LogP contribution is 2.26. The first-order valence-corrected chi connectivity index (χ1v) is 9.52. The summed E-state index contributed by atoms with van der Waals surface area (Å²) in [7, 11) is 0. The lowest BCUT2D eigenvalue weighted by atomic mass is 10.1. The van der Waals surface area contributed by atoms with E-state index in [4.69, 9.17) is 8.83 Å². The number of aryl methyl sites for hydroxylation is 1. The Hall–Kier alpha value is -3.94. The van der Waals surface area contributed by atoms with E-state index in [1.165, 1.54) is 13.1 Å². The standard InChI is InChI=1S/C22H20N4O4/c1-3-19-25-20(21(30-19)15-7-5-4-6-8-15)22(28)24-16-11-23-26(12-16)13-17-9-10-18(29-17)14(2)27/h4-12H,3,13H2,1-2H3,(H,24,28). The van der Waals surface area contributed by atoms with E-state index in [-0.39, 0.29) is 17.4 Å². The number of rotatable bonds is 7. The summed E-state index contributed by atoms with van der Waals surface area (Å²) in [5, 5.41) is 7.03. The number of hydrogen-bond donors (Lipinski definition) is 1. The molecule has 8 nitrogen and oxygen atoms in total. The molecule has 3 aromatic heterocycles. The van der Waals surface area contributed by atoms with Gasteiger partial charge in [0.15, 0.2) is 28.9 Å². The summed E-state index contributed by atoms with van der Waals surface area (Å²) >= 11 is 0. The molecule has 0 fully saturated rings. The van der Waals surface area contributed by atoms with Crippen LogP contribution in [-0.2, 0) is 13.0 Å². The Labute approximate surface area is 172 Å². The largest absolute Gasteiger partial charge is 0.456 e. The van der Waals surface area contributed by atoms with Crippen LogP contribution in [-0.4, -0.2) is 26.5 Å². The van der Waals surface area contributed by atoms with Crippen LogP contribution in [0.25, 0.3) is 11.3 Å². The van der Waals surface area contributed by atoms with Crippen LogP contribution in [0.3, 0.4) is 0 Å². The number of nitrogens with zero attached hydrogens (tertiary/aromatic N) is 3. The van der Waals surface area contributed by atoms with Crippen molar-refractivity contribution in [3.63, 3.8) is 0 Å². The zero-order valence-corrected chi connectivity index (χ0v) is 16.6. The topological polar surface area (TPSA) is 103 Å². The number of furan rings is 1. The van der Waals surface area contributed by atoms with E-state index >= 15 is 0 Å². The molecular formula is C22H20N4O4. The predicted molar refractivity (Wildman–Crippen MR) is 109 cm³/mol. The van der Waals surface area contributed by atoms with Gasteiger partial charge in [-0.3, -0.25) is 14.3 Å². The van der Waals surface area contributed by atoms with Crippen molar-refractivity contribution in [1.82, 2.24) is 14.8 Å². The van der Waals surface area contributed by atoms with E-state index in [1.807, 2.05) is 37.3 Å². The highest BCUT2D eigenvalue weighted by molar-refractivity contribution is 6.06. The Morgan fingerprint density at radius 1 is 1.10 bits per heavy atom. The van der Waals surface area contributed by atoms with Crippen LogP contribution in [0.5, 0.6) is 0 Å². The number of aromatic nitrogens is 3. The molecule has 1 N–H and O–H groups in total. The van der Waals surface area contributed by atoms with Gasteiger partial charge < -0.3 is 14.2 Å². The van der Waals surface area contributed by atoms with Crippen molar-refractivity contribution in [3.05, 3.63) is 78.0 Å². The van der Waals surface area contributed by atoms with Crippen LogP contribution in [0.4, 0.5) is 5.69 Å². The van der Waals surface area contributed by atoms with Gasteiger partial charge in [0.1, 0.15) is 5.76 Å². The summed E-state index contributed by atoms with van der Waals surface area (Å²) in [4.78, 5) is 28.5. The number of anilines is 1. The fraction of sp³-hybridized carbons (Fsp3) is 0.182. The fourth-order valence-corrected chi connectivity index (χ4v) is 2.97. The Morgan fingerprint density at radius 2 is 1.90 bits per heavy atom. The molecule has 8 heteroatoms. The first kappa shape index (κ1) is 19.4. The molecule has 0 saturated carbocycles. The Bertz CT molecular complexity index is 1190. The lowest BCUT2D eigenvalue weighted by molar-refractivity contribution is 0.0983. The second kappa shape index (κ2) is 8.20. The van der Waals surface area contributed by atoms with Gasteiger partial charge in [-0.1, -0.05) is 37.3 Å². The third-order valence-corrected chi connectivity index (χ3v) is 4.44. The Morgan fingerprint density at radius 3 is 2.60 bits per heavy atom. The van der Waals surface area contributed by atoms with Crippen LogP contribution < -0.4 is 5.32 Å².